The molecule has 5 nitrogen and oxygen atoms in total. The van der Waals surface area contributed by atoms with E-state index in [0.29, 0.717) is 13.0 Å². The highest BCUT2D eigenvalue weighted by atomic mass is 127. The van der Waals surface area contributed by atoms with Crippen LogP contribution in [0.2, 0.25) is 0 Å². The van der Waals surface area contributed by atoms with Crippen LogP contribution < -0.4 is 4.90 Å². The van der Waals surface area contributed by atoms with E-state index in [-0.39, 0.29) is 5.92 Å². The van der Waals surface area contributed by atoms with E-state index in [0.717, 1.165) is 26.8 Å². The molecule has 0 amide bonds. The fourth-order valence-electron chi connectivity index (χ4n) is 2.45. The van der Waals surface area contributed by atoms with Crippen molar-refractivity contribution in [2.24, 2.45) is 5.92 Å². The van der Waals surface area contributed by atoms with Crippen molar-refractivity contribution < 1.29 is 9.90 Å². The Balaban J connectivity index is 2.04. The second-order valence-corrected chi connectivity index (χ2v) is 5.76. The fourth-order valence-corrected chi connectivity index (χ4v) is 3.17. The summed E-state index contributed by atoms with van der Waals surface area (Å²) in [5, 5.41) is 10.1. The van der Waals surface area contributed by atoms with E-state index >= 15 is 0 Å². The molecule has 0 radical (unpaired) electrons. The number of hydrogen-bond donors (Lipinski definition) is 1. The maximum Gasteiger partial charge on any atom is 0.308 e. The van der Waals surface area contributed by atoms with Gasteiger partial charge in [0.05, 0.1) is 16.8 Å². The first-order valence-corrected chi connectivity index (χ1v) is 7.11. The molecule has 1 fully saturated rings. The lowest BCUT2D eigenvalue weighted by Crippen LogP contribution is -2.24. The number of aliphatic carboxylic acids is 1. The second kappa shape index (κ2) is 4.92. The Labute approximate surface area is 123 Å². The molecule has 1 aliphatic heterocycles. The molecule has 1 unspecified atom stereocenters. The number of rotatable bonds is 2. The van der Waals surface area contributed by atoms with Gasteiger partial charge in [0.25, 0.3) is 0 Å². The number of carboxylic acids is 1. The third-order valence-corrected chi connectivity index (χ3v) is 4.33. The molecule has 19 heavy (non-hydrogen) atoms. The third kappa shape index (κ3) is 2.24. The molecule has 0 spiro atoms. The molecular weight excluding hydrogens is 357 g/mol. The molecule has 1 aromatic heterocycles. The van der Waals surface area contributed by atoms with Crippen molar-refractivity contribution in [2.75, 3.05) is 18.0 Å². The second-order valence-electron chi connectivity index (χ2n) is 4.60. The van der Waals surface area contributed by atoms with Crippen molar-refractivity contribution in [1.29, 1.82) is 0 Å². The Bertz CT molecular complexity index is 642. The molecule has 1 N–H and O–H groups in total. The molecule has 1 aromatic carbocycles. The highest BCUT2D eigenvalue weighted by Gasteiger charge is 2.29. The highest BCUT2D eigenvalue weighted by Crippen LogP contribution is 2.31. The van der Waals surface area contributed by atoms with Gasteiger partial charge in [-0.15, -0.1) is 0 Å². The van der Waals surface area contributed by atoms with Crippen molar-refractivity contribution in [1.82, 2.24) is 9.97 Å². The molecule has 1 atom stereocenters. The van der Waals surface area contributed by atoms with Gasteiger partial charge in [0.2, 0.25) is 0 Å². The monoisotopic (exact) mass is 369 g/mol. The number of carboxylic acid groups (broad SMARTS) is 1. The van der Waals surface area contributed by atoms with Crippen LogP contribution in [0.5, 0.6) is 0 Å². The molecule has 6 heteroatoms. The van der Waals surface area contributed by atoms with Gasteiger partial charge in [-0.2, -0.15) is 0 Å². The first-order valence-electron chi connectivity index (χ1n) is 6.04. The van der Waals surface area contributed by atoms with Crippen LogP contribution in [0.4, 0.5) is 5.82 Å². The first-order chi connectivity index (χ1) is 9.16. The van der Waals surface area contributed by atoms with E-state index in [1.807, 2.05) is 23.1 Å². The van der Waals surface area contributed by atoms with Crippen molar-refractivity contribution in [3.05, 3.63) is 28.1 Å². The minimum absolute atomic E-state index is 0.300. The summed E-state index contributed by atoms with van der Waals surface area (Å²) in [6.07, 6.45) is 2.21. The number of halogens is 1. The summed E-state index contributed by atoms with van der Waals surface area (Å²) in [7, 11) is 0. The first kappa shape index (κ1) is 12.6. The number of benzene rings is 1. The predicted octanol–water partition coefficient (Wildman–Crippen LogP) is 2.15. The fraction of sp³-hybridized carbons (Fsp3) is 0.308. The maximum absolute atomic E-state index is 11.0. The molecule has 2 aromatic rings. The average Bonchev–Trinajstić information content (AvgIpc) is 2.88. The zero-order chi connectivity index (χ0) is 13.4. The van der Waals surface area contributed by atoms with Crippen LogP contribution in [0.25, 0.3) is 10.9 Å². The Morgan fingerprint density at radius 1 is 1.42 bits per heavy atom. The molecule has 0 aliphatic carbocycles. The van der Waals surface area contributed by atoms with Gasteiger partial charge >= 0.3 is 5.97 Å². The van der Waals surface area contributed by atoms with Crippen LogP contribution in [0, 0.1) is 9.49 Å². The van der Waals surface area contributed by atoms with Crippen LogP contribution in [-0.2, 0) is 4.79 Å². The van der Waals surface area contributed by atoms with Crippen molar-refractivity contribution in [3.8, 4) is 0 Å². The van der Waals surface area contributed by atoms with Crippen LogP contribution in [-0.4, -0.2) is 34.1 Å². The van der Waals surface area contributed by atoms with Crippen LogP contribution in [0.15, 0.2) is 24.5 Å². The SMILES string of the molecule is O=C(O)C1CCN(c2ncnc3cccc(I)c23)C1. The van der Waals surface area contributed by atoms with Crippen LogP contribution in [0.3, 0.4) is 0 Å². The molecule has 0 bridgehead atoms. The lowest BCUT2D eigenvalue weighted by Gasteiger charge is -2.19. The van der Waals surface area contributed by atoms with Gasteiger partial charge in [-0.1, -0.05) is 6.07 Å². The van der Waals surface area contributed by atoms with Gasteiger partial charge in [0, 0.05) is 16.7 Å². The Kier molecular flexibility index (Phi) is 3.26. The summed E-state index contributed by atoms with van der Waals surface area (Å²) in [6.45, 7) is 1.25. The van der Waals surface area contributed by atoms with Gasteiger partial charge in [0.1, 0.15) is 12.1 Å². The minimum Gasteiger partial charge on any atom is -0.481 e. The average molecular weight is 369 g/mol. The van der Waals surface area contributed by atoms with E-state index < -0.39 is 5.97 Å². The summed E-state index contributed by atoms with van der Waals surface area (Å²) < 4.78 is 1.09. The summed E-state index contributed by atoms with van der Waals surface area (Å²) in [5.74, 6) is -0.180. The molecular formula is C13H12IN3O2. The third-order valence-electron chi connectivity index (χ3n) is 3.43. The Morgan fingerprint density at radius 2 is 2.26 bits per heavy atom. The highest BCUT2D eigenvalue weighted by molar-refractivity contribution is 14.1. The predicted molar refractivity (Wildman–Crippen MR) is 80.2 cm³/mol. The molecule has 2 heterocycles. The summed E-state index contributed by atoms with van der Waals surface area (Å²) in [5.41, 5.74) is 0.899. The number of aromatic nitrogens is 2. The quantitative estimate of drug-likeness (QED) is 0.822. The van der Waals surface area contributed by atoms with Gasteiger partial charge in [0.15, 0.2) is 0 Å². The van der Waals surface area contributed by atoms with E-state index in [1.54, 1.807) is 6.33 Å². The zero-order valence-corrected chi connectivity index (χ0v) is 12.2. The Morgan fingerprint density at radius 3 is 3.00 bits per heavy atom. The number of fused-ring (bicyclic) bond motifs is 1. The summed E-state index contributed by atoms with van der Waals surface area (Å²) in [4.78, 5) is 21.7. The zero-order valence-electron chi connectivity index (χ0n) is 10.1. The van der Waals surface area contributed by atoms with E-state index in [4.69, 9.17) is 5.11 Å². The smallest absolute Gasteiger partial charge is 0.308 e. The number of nitrogens with zero attached hydrogens (tertiary/aromatic N) is 3. The molecule has 1 saturated heterocycles. The van der Waals surface area contributed by atoms with Crippen molar-refractivity contribution in [3.63, 3.8) is 0 Å². The lowest BCUT2D eigenvalue weighted by molar-refractivity contribution is -0.140. The maximum atomic E-state index is 11.0. The molecule has 98 valence electrons. The number of hydrogen-bond acceptors (Lipinski definition) is 4. The lowest BCUT2D eigenvalue weighted by atomic mass is 10.1. The topological polar surface area (TPSA) is 66.3 Å². The standard InChI is InChI=1S/C13H12IN3O2/c14-9-2-1-3-10-11(9)12(16-7-15-10)17-5-4-8(6-17)13(18)19/h1-3,7-8H,4-6H2,(H,18,19). The van der Waals surface area contributed by atoms with Crippen molar-refractivity contribution in [2.45, 2.75) is 6.42 Å². The van der Waals surface area contributed by atoms with Crippen LogP contribution >= 0.6 is 22.6 Å². The summed E-state index contributed by atoms with van der Waals surface area (Å²) >= 11 is 2.27. The normalized spacial score (nSPS) is 19.0. The minimum atomic E-state index is -0.726. The van der Waals surface area contributed by atoms with Gasteiger partial charge in [-0.05, 0) is 41.1 Å². The van der Waals surface area contributed by atoms with E-state index in [9.17, 15) is 4.79 Å². The number of anilines is 1. The molecule has 3 rings (SSSR count). The summed E-state index contributed by atoms with van der Waals surface area (Å²) in [6, 6.07) is 5.93. The van der Waals surface area contributed by atoms with E-state index in [2.05, 4.69) is 32.6 Å². The van der Waals surface area contributed by atoms with Gasteiger partial charge in [-0.3, -0.25) is 4.79 Å². The van der Waals surface area contributed by atoms with Crippen LogP contribution in [0.1, 0.15) is 6.42 Å². The number of carbonyl (C=O) groups is 1. The van der Waals surface area contributed by atoms with Gasteiger partial charge < -0.3 is 10.0 Å². The molecule has 1 aliphatic rings. The van der Waals surface area contributed by atoms with Crippen molar-refractivity contribution >= 4 is 45.3 Å². The van der Waals surface area contributed by atoms with Gasteiger partial charge in [-0.25, -0.2) is 9.97 Å². The van der Waals surface area contributed by atoms with E-state index in [1.165, 1.54) is 0 Å². The largest absolute Gasteiger partial charge is 0.481 e. The molecule has 0 saturated carbocycles. The Hall–Kier alpha value is -1.44.